The monoisotopic (exact) mass is 347 g/mol. The molecule has 6 heteroatoms. The molecule has 0 aliphatic carbocycles. The van der Waals surface area contributed by atoms with Crippen molar-refractivity contribution in [1.82, 2.24) is 4.98 Å². The molecule has 1 unspecified atom stereocenters. The SMILES string of the molecule is COc1ccccc1S(=O)Cc1coc(-c2cccc(Cl)c2)n1. The predicted molar refractivity (Wildman–Crippen MR) is 90.1 cm³/mol. The molecule has 3 rings (SSSR count). The summed E-state index contributed by atoms with van der Waals surface area (Å²) in [6.07, 6.45) is 1.52. The summed E-state index contributed by atoms with van der Waals surface area (Å²) >= 11 is 5.97. The maximum atomic E-state index is 12.5. The van der Waals surface area contributed by atoms with Crippen molar-refractivity contribution in [2.24, 2.45) is 0 Å². The summed E-state index contributed by atoms with van der Waals surface area (Å²) in [7, 11) is 0.292. The molecule has 2 aromatic carbocycles. The first-order chi connectivity index (χ1) is 11.2. The van der Waals surface area contributed by atoms with E-state index in [4.69, 9.17) is 20.8 Å². The van der Waals surface area contributed by atoms with Gasteiger partial charge < -0.3 is 9.15 Å². The maximum Gasteiger partial charge on any atom is 0.226 e. The minimum Gasteiger partial charge on any atom is -0.495 e. The normalized spacial score (nSPS) is 12.1. The molecule has 0 aliphatic heterocycles. The summed E-state index contributed by atoms with van der Waals surface area (Å²) in [6.45, 7) is 0. The Labute approximate surface area is 141 Å². The van der Waals surface area contributed by atoms with Crippen LogP contribution in [0, 0.1) is 0 Å². The van der Waals surface area contributed by atoms with E-state index in [0.717, 1.165) is 5.56 Å². The van der Waals surface area contributed by atoms with Gasteiger partial charge in [-0.3, -0.25) is 4.21 Å². The second kappa shape index (κ2) is 6.98. The van der Waals surface area contributed by atoms with Crippen molar-refractivity contribution in [2.75, 3.05) is 7.11 Å². The number of methoxy groups -OCH3 is 1. The third-order valence-electron chi connectivity index (χ3n) is 3.22. The average molecular weight is 348 g/mol. The fourth-order valence-electron chi connectivity index (χ4n) is 2.15. The van der Waals surface area contributed by atoms with Gasteiger partial charge in [0.25, 0.3) is 0 Å². The van der Waals surface area contributed by atoms with Crippen molar-refractivity contribution >= 4 is 22.4 Å². The largest absolute Gasteiger partial charge is 0.495 e. The number of oxazole rings is 1. The lowest BCUT2D eigenvalue weighted by atomic mass is 10.2. The molecular formula is C17H14ClNO3S. The summed E-state index contributed by atoms with van der Waals surface area (Å²) in [6, 6.07) is 14.5. The highest BCUT2D eigenvalue weighted by molar-refractivity contribution is 7.84. The number of halogens is 1. The summed E-state index contributed by atoms with van der Waals surface area (Å²) in [5.41, 5.74) is 1.40. The van der Waals surface area contributed by atoms with Crippen molar-refractivity contribution in [3.8, 4) is 17.2 Å². The standard InChI is InChI=1S/C17H14ClNO3S/c1-21-15-7-2-3-8-16(15)23(20)11-14-10-22-17(19-14)12-5-4-6-13(18)9-12/h2-10H,11H2,1H3. The van der Waals surface area contributed by atoms with Gasteiger partial charge in [0.05, 0.1) is 34.3 Å². The van der Waals surface area contributed by atoms with E-state index in [0.29, 0.717) is 27.3 Å². The molecule has 23 heavy (non-hydrogen) atoms. The fraction of sp³-hybridized carbons (Fsp3) is 0.118. The molecule has 0 radical (unpaired) electrons. The van der Waals surface area contributed by atoms with Crippen LogP contribution < -0.4 is 4.74 Å². The Bertz CT molecular complexity index is 847. The average Bonchev–Trinajstić information content (AvgIpc) is 3.03. The highest BCUT2D eigenvalue weighted by Gasteiger charge is 2.14. The first-order valence-electron chi connectivity index (χ1n) is 6.89. The van der Waals surface area contributed by atoms with Gasteiger partial charge in [-0.25, -0.2) is 4.98 Å². The van der Waals surface area contributed by atoms with Crippen LogP contribution in [0.2, 0.25) is 5.02 Å². The van der Waals surface area contributed by atoms with Crippen LogP contribution in [-0.4, -0.2) is 16.3 Å². The van der Waals surface area contributed by atoms with Crippen LogP contribution in [0.15, 0.2) is 64.1 Å². The molecule has 0 fully saturated rings. The second-order valence-corrected chi connectivity index (χ2v) is 6.65. The van der Waals surface area contributed by atoms with E-state index in [1.54, 1.807) is 31.4 Å². The van der Waals surface area contributed by atoms with Gasteiger partial charge >= 0.3 is 0 Å². The lowest BCUT2D eigenvalue weighted by molar-refractivity contribution is 0.404. The first-order valence-corrected chi connectivity index (χ1v) is 8.59. The van der Waals surface area contributed by atoms with Gasteiger partial charge in [0.2, 0.25) is 5.89 Å². The van der Waals surface area contributed by atoms with Crippen molar-refractivity contribution < 1.29 is 13.4 Å². The van der Waals surface area contributed by atoms with Gasteiger partial charge in [-0.05, 0) is 30.3 Å². The van der Waals surface area contributed by atoms with Crippen molar-refractivity contribution in [1.29, 1.82) is 0 Å². The zero-order valence-corrected chi connectivity index (χ0v) is 13.9. The lowest BCUT2D eigenvalue weighted by Crippen LogP contribution is -1.99. The maximum absolute atomic E-state index is 12.5. The van der Waals surface area contributed by atoms with E-state index >= 15 is 0 Å². The molecule has 1 heterocycles. The van der Waals surface area contributed by atoms with Gasteiger partial charge in [0.15, 0.2) is 0 Å². The molecule has 4 nitrogen and oxygen atoms in total. The third-order valence-corrected chi connectivity index (χ3v) is 4.84. The van der Waals surface area contributed by atoms with E-state index in [2.05, 4.69) is 4.98 Å². The Morgan fingerprint density at radius 1 is 1.22 bits per heavy atom. The summed E-state index contributed by atoms with van der Waals surface area (Å²) < 4.78 is 23.2. The lowest BCUT2D eigenvalue weighted by Gasteiger charge is -2.06. The molecule has 0 aliphatic rings. The topological polar surface area (TPSA) is 52.3 Å². The highest BCUT2D eigenvalue weighted by atomic mass is 35.5. The zero-order valence-electron chi connectivity index (χ0n) is 12.4. The first kappa shape index (κ1) is 15.8. The Morgan fingerprint density at radius 3 is 2.83 bits per heavy atom. The quantitative estimate of drug-likeness (QED) is 0.690. The number of nitrogens with zero attached hydrogens (tertiary/aromatic N) is 1. The van der Waals surface area contributed by atoms with Crippen LogP contribution in [0.1, 0.15) is 5.69 Å². The van der Waals surface area contributed by atoms with E-state index < -0.39 is 10.8 Å². The van der Waals surface area contributed by atoms with Gasteiger partial charge in [0, 0.05) is 10.6 Å². The number of para-hydroxylation sites is 1. The molecule has 118 valence electrons. The highest BCUT2D eigenvalue weighted by Crippen LogP contribution is 2.25. The van der Waals surface area contributed by atoms with Crippen molar-refractivity contribution in [3.05, 3.63) is 65.5 Å². The fourth-order valence-corrected chi connectivity index (χ4v) is 3.50. The van der Waals surface area contributed by atoms with E-state index in [-0.39, 0.29) is 5.75 Å². The number of hydrogen-bond donors (Lipinski definition) is 0. The summed E-state index contributed by atoms with van der Waals surface area (Å²) in [5, 5.41) is 0.611. The molecular weight excluding hydrogens is 334 g/mol. The van der Waals surface area contributed by atoms with Crippen LogP contribution in [0.3, 0.4) is 0 Å². The van der Waals surface area contributed by atoms with E-state index in [1.165, 1.54) is 6.26 Å². The van der Waals surface area contributed by atoms with Crippen LogP contribution >= 0.6 is 11.6 Å². The molecule has 0 bridgehead atoms. The van der Waals surface area contributed by atoms with E-state index in [1.807, 2.05) is 24.3 Å². The van der Waals surface area contributed by atoms with Crippen molar-refractivity contribution in [3.63, 3.8) is 0 Å². The zero-order chi connectivity index (χ0) is 16.2. The minimum atomic E-state index is -1.27. The summed E-state index contributed by atoms with van der Waals surface area (Å²) in [4.78, 5) is 5.02. The molecule has 1 aromatic heterocycles. The molecule has 0 amide bonds. The number of ether oxygens (including phenoxy) is 1. The Kier molecular flexibility index (Phi) is 4.79. The van der Waals surface area contributed by atoms with Crippen molar-refractivity contribution in [2.45, 2.75) is 10.6 Å². The van der Waals surface area contributed by atoms with Crippen LogP contribution in [0.4, 0.5) is 0 Å². The molecule has 0 N–H and O–H groups in total. The number of aromatic nitrogens is 1. The molecule has 0 saturated carbocycles. The second-order valence-electron chi connectivity index (χ2n) is 4.80. The van der Waals surface area contributed by atoms with E-state index in [9.17, 15) is 4.21 Å². The Morgan fingerprint density at radius 2 is 2.04 bits per heavy atom. The van der Waals surface area contributed by atoms with Crippen LogP contribution in [0.5, 0.6) is 5.75 Å². The van der Waals surface area contributed by atoms with Gasteiger partial charge in [-0.2, -0.15) is 0 Å². The Hall–Kier alpha value is -2.11. The van der Waals surface area contributed by atoms with Gasteiger partial charge in [-0.15, -0.1) is 0 Å². The molecule has 3 aromatic rings. The predicted octanol–water partition coefficient (Wildman–Crippen LogP) is 4.31. The van der Waals surface area contributed by atoms with Crippen LogP contribution in [-0.2, 0) is 16.6 Å². The number of benzene rings is 2. The molecule has 1 atom stereocenters. The minimum absolute atomic E-state index is 0.254. The van der Waals surface area contributed by atoms with Crippen LogP contribution in [0.25, 0.3) is 11.5 Å². The molecule has 0 spiro atoms. The smallest absolute Gasteiger partial charge is 0.226 e. The number of hydrogen-bond acceptors (Lipinski definition) is 4. The third kappa shape index (κ3) is 3.63. The summed E-state index contributed by atoms with van der Waals surface area (Å²) in [5.74, 6) is 1.31. The number of rotatable bonds is 5. The Balaban J connectivity index is 1.80. The van der Waals surface area contributed by atoms with Gasteiger partial charge in [0.1, 0.15) is 12.0 Å². The van der Waals surface area contributed by atoms with Gasteiger partial charge in [-0.1, -0.05) is 29.8 Å². The molecule has 0 saturated heterocycles.